The molecule has 0 unspecified atom stereocenters. The number of hydroxylamine groups is 1. The molecule has 0 aliphatic heterocycles. The highest BCUT2D eigenvalue weighted by Crippen LogP contribution is 2.15. The fourth-order valence-electron chi connectivity index (χ4n) is 0.250. The molecule has 2 heteroatoms. The van der Waals surface area contributed by atoms with Crippen molar-refractivity contribution in [2.24, 2.45) is 0 Å². The third-order valence-corrected chi connectivity index (χ3v) is 1.20. The largest absolute Gasteiger partial charge is 0.305 e. The summed E-state index contributed by atoms with van der Waals surface area (Å²) in [4.78, 5) is 4.29. The predicted molar refractivity (Wildman–Crippen MR) is 34.5 cm³/mol. The molecular weight excluding hydrogens is 102 g/mol. The number of hydrogen-bond acceptors (Lipinski definition) is 2. The van der Waals surface area contributed by atoms with Gasteiger partial charge in [-0.05, 0) is 0 Å². The second kappa shape index (κ2) is 6.92. The van der Waals surface area contributed by atoms with E-state index in [1.807, 2.05) is 0 Å². The van der Waals surface area contributed by atoms with Crippen molar-refractivity contribution in [1.29, 1.82) is 0 Å². The van der Waals surface area contributed by atoms with Crippen molar-refractivity contribution in [2.45, 2.75) is 25.7 Å². The lowest BCUT2D eigenvalue weighted by Gasteiger charge is -2.05. The summed E-state index contributed by atoms with van der Waals surface area (Å²) < 4.78 is 0. The topological polar surface area (TPSA) is 21.3 Å². The predicted octanol–water partition coefficient (Wildman–Crippen LogP) is 1.33. The first-order valence-electron chi connectivity index (χ1n) is 3.11. The smallest absolute Gasteiger partial charge is 0.0572 e. The van der Waals surface area contributed by atoms with Crippen LogP contribution in [0.4, 0.5) is 0 Å². The molecule has 1 N–H and O–H groups in total. The molecule has 1 fully saturated rings. The molecule has 8 heavy (non-hydrogen) atoms. The summed E-state index contributed by atoms with van der Waals surface area (Å²) in [6.07, 6.45) is 6.00. The molecule has 0 heterocycles. The maximum atomic E-state index is 4.29. The van der Waals surface area contributed by atoms with E-state index in [9.17, 15) is 0 Å². The highest BCUT2D eigenvalue weighted by atomic mass is 16.6. The molecule has 2 nitrogen and oxygen atoms in total. The van der Waals surface area contributed by atoms with E-state index in [-0.39, 0.29) is 0 Å². The van der Waals surface area contributed by atoms with Gasteiger partial charge in [-0.15, -0.1) is 0 Å². The molecule has 0 saturated heterocycles. The van der Waals surface area contributed by atoms with Gasteiger partial charge in [0.2, 0.25) is 0 Å². The van der Waals surface area contributed by atoms with Crippen LogP contribution in [0.2, 0.25) is 0 Å². The Kier molecular flexibility index (Phi) is 6.85. The van der Waals surface area contributed by atoms with Crippen LogP contribution in [0.1, 0.15) is 25.7 Å². The Labute approximate surface area is 51.2 Å². The molecule has 0 bridgehead atoms. The third-order valence-electron chi connectivity index (χ3n) is 1.20. The van der Waals surface area contributed by atoms with Gasteiger partial charge in [0.1, 0.15) is 0 Å². The van der Waals surface area contributed by atoms with E-state index < -0.39 is 0 Å². The second-order valence-electron chi connectivity index (χ2n) is 1.82. The molecular formula is C6H15NO. The van der Waals surface area contributed by atoms with Gasteiger partial charge < -0.3 is 4.84 Å². The molecule has 0 atom stereocenters. The van der Waals surface area contributed by atoms with Gasteiger partial charge in [0.05, 0.1) is 7.11 Å². The minimum absolute atomic E-state index is 1.50. The van der Waals surface area contributed by atoms with Gasteiger partial charge in [-0.1, -0.05) is 25.7 Å². The molecule has 0 spiro atoms. The summed E-state index contributed by atoms with van der Waals surface area (Å²) in [5.41, 5.74) is 2.43. The quantitative estimate of drug-likeness (QED) is 0.523. The highest BCUT2D eigenvalue weighted by molar-refractivity contribution is 4.50. The van der Waals surface area contributed by atoms with Crippen LogP contribution >= 0.6 is 0 Å². The van der Waals surface area contributed by atoms with Gasteiger partial charge in [-0.3, -0.25) is 0 Å². The lowest BCUT2D eigenvalue weighted by molar-refractivity contribution is 0.112. The van der Waals surface area contributed by atoms with E-state index in [2.05, 4.69) is 10.3 Å². The summed E-state index contributed by atoms with van der Waals surface area (Å²) >= 11 is 0. The van der Waals surface area contributed by atoms with Crippen LogP contribution in [0, 0.1) is 0 Å². The third kappa shape index (κ3) is 5.92. The first-order chi connectivity index (χ1) is 3.91. The van der Waals surface area contributed by atoms with Gasteiger partial charge in [0.25, 0.3) is 0 Å². The summed E-state index contributed by atoms with van der Waals surface area (Å²) in [5, 5.41) is 0. The van der Waals surface area contributed by atoms with E-state index in [0.29, 0.717) is 0 Å². The minimum Gasteiger partial charge on any atom is -0.305 e. The van der Waals surface area contributed by atoms with Crippen LogP contribution in [0.25, 0.3) is 0 Å². The maximum Gasteiger partial charge on any atom is 0.0572 e. The number of hydrogen-bond donors (Lipinski definition) is 1. The van der Waals surface area contributed by atoms with Crippen LogP contribution in [0.15, 0.2) is 0 Å². The van der Waals surface area contributed by atoms with E-state index in [1.165, 1.54) is 25.7 Å². The fourth-order valence-corrected chi connectivity index (χ4v) is 0.250. The van der Waals surface area contributed by atoms with Crippen LogP contribution in [-0.4, -0.2) is 14.2 Å². The van der Waals surface area contributed by atoms with Crippen molar-refractivity contribution in [1.82, 2.24) is 5.48 Å². The molecule has 50 valence electrons. The Hall–Kier alpha value is -0.0800. The number of nitrogens with one attached hydrogen (secondary N) is 1. The minimum atomic E-state index is 1.50. The van der Waals surface area contributed by atoms with Crippen LogP contribution < -0.4 is 5.48 Å². The zero-order valence-electron chi connectivity index (χ0n) is 5.74. The van der Waals surface area contributed by atoms with Crippen molar-refractivity contribution < 1.29 is 4.84 Å². The van der Waals surface area contributed by atoms with Crippen molar-refractivity contribution >= 4 is 0 Å². The average Bonchev–Trinajstić information content (AvgIpc) is 1.61. The van der Waals surface area contributed by atoms with Crippen LogP contribution in [0.3, 0.4) is 0 Å². The standard InChI is InChI=1S/C4H8.C2H7NO/c1-2-4-3-1;1-3-4-2/h1-4H2;3H,1-2H3. The van der Waals surface area contributed by atoms with E-state index >= 15 is 0 Å². The Morgan fingerprint density at radius 1 is 1.12 bits per heavy atom. The molecule has 0 aromatic carbocycles. The second-order valence-corrected chi connectivity index (χ2v) is 1.82. The lowest BCUT2D eigenvalue weighted by atomic mass is 10.0. The molecule has 0 aromatic rings. The Balaban J connectivity index is 0.000000122. The summed E-state index contributed by atoms with van der Waals surface area (Å²) in [5.74, 6) is 0. The van der Waals surface area contributed by atoms with Crippen molar-refractivity contribution in [2.75, 3.05) is 14.2 Å². The maximum absolute atomic E-state index is 4.29. The summed E-state index contributed by atoms with van der Waals surface area (Å²) in [6, 6.07) is 0. The molecule has 1 aliphatic rings. The van der Waals surface area contributed by atoms with Gasteiger partial charge in [-0.2, -0.15) is 0 Å². The number of rotatable bonds is 1. The van der Waals surface area contributed by atoms with Gasteiger partial charge in [-0.25, -0.2) is 5.48 Å². The Morgan fingerprint density at radius 3 is 1.38 bits per heavy atom. The fraction of sp³-hybridized carbons (Fsp3) is 1.00. The summed E-state index contributed by atoms with van der Waals surface area (Å²) in [7, 11) is 3.28. The lowest BCUT2D eigenvalue weighted by Crippen LogP contribution is -2.00. The van der Waals surface area contributed by atoms with E-state index in [0.717, 1.165) is 0 Å². The van der Waals surface area contributed by atoms with Crippen LogP contribution in [-0.2, 0) is 4.84 Å². The molecule has 1 aliphatic carbocycles. The highest BCUT2D eigenvalue weighted by Gasteiger charge is 1.95. The molecule has 1 rings (SSSR count). The Morgan fingerprint density at radius 2 is 1.38 bits per heavy atom. The monoisotopic (exact) mass is 117 g/mol. The van der Waals surface area contributed by atoms with E-state index in [1.54, 1.807) is 14.2 Å². The molecule has 0 amide bonds. The van der Waals surface area contributed by atoms with Gasteiger partial charge >= 0.3 is 0 Å². The van der Waals surface area contributed by atoms with Crippen molar-refractivity contribution in [3.8, 4) is 0 Å². The Bertz CT molecular complexity index is 29.5. The van der Waals surface area contributed by atoms with Crippen LogP contribution in [0.5, 0.6) is 0 Å². The zero-order valence-corrected chi connectivity index (χ0v) is 5.74. The molecule has 1 saturated carbocycles. The SMILES string of the molecule is C1CCC1.CNOC. The summed E-state index contributed by atoms with van der Waals surface area (Å²) in [6.45, 7) is 0. The van der Waals surface area contributed by atoms with Crippen molar-refractivity contribution in [3.63, 3.8) is 0 Å². The first-order valence-corrected chi connectivity index (χ1v) is 3.11. The van der Waals surface area contributed by atoms with E-state index in [4.69, 9.17) is 0 Å². The van der Waals surface area contributed by atoms with Crippen molar-refractivity contribution in [3.05, 3.63) is 0 Å². The average molecular weight is 117 g/mol. The normalized spacial score (nSPS) is 15.8. The molecule has 0 radical (unpaired) electrons. The zero-order chi connectivity index (χ0) is 6.24. The van der Waals surface area contributed by atoms with Gasteiger partial charge in [0.15, 0.2) is 0 Å². The molecule has 0 aromatic heterocycles. The first kappa shape index (κ1) is 7.92. The van der Waals surface area contributed by atoms with Gasteiger partial charge in [0, 0.05) is 7.05 Å².